The number of rotatable bonds is 1. The molecule has 0 saturated heterocycles. The molecule has 6 nitrogen and oxygen atoms in total. The highest BCUT2D eigenvalue weighted by Crippen LogP contribution is 2.24. The Morgan fingerprint density at radius 1 is 1.14 bits per heavy atom. The van der Waals surface area contributed by atoms with Gasteiger partial charge in [0.1, 0.15) is 11.2 Å². The second-order valence-corrected chi connectivity index (χ2v) is 5.54. The predicted molar refractivity (Wildman–Crippen MR) is 86.7 cm³/mol. The van der Waals surface area contributed by atoms with E-state index >= 15 is 0 Å². The van der Waals surface area contributed by atoms with Crippen LogP contribution in [0, 0.1) is 0 Å². The zero-order chi connectivity index (χ0) is 15.1. The van der Waals surface area contributed by atoms with E-state index in [1.807, 2.05) is 24.3 Å². The number of nitrogens with zero attached hydrogens (tertiary/aromatic N) is 3. The van der Waals surface area contributed by atoms with E-state index in [1.54, 1.807) is 13.1 Å². The van der Waals surface area contributed by atoms with Crippen LogP contribution in [-0.2, 0) is 7.05 Å². The highest BCUT2D eigenvalue weighted by atomic mass is 79.9. The van der Waals surface area contributed by atoms with Gasteiger partial charge in [-0.3, -0.25) is 4.79 Å². The van der Waals surface area contributed by atoms with Crippen LogP contribution in [0.1, 0.15) is 0 Å². The molecular weight excluding hydrogens is 334 g/mol. The molecule has 4 N–H and O–H groups in total. The number of nitrogens with two attached hydrogens (primary N) is 2. The Morgan fingerprint density at radius 2 is 1.81 bits per heavy atom. The maximum atomic E-state index is 12.5. The minimum Gasteiger partial charge on any atom is -0.383 e. The van der Waals surface area contributed by atoms with Crippen molar-refractivity contribution in [3.63, 3.8) is 0 Å². The lowest BCUT2D eigenvalue weighted by molar-refractivity contribution is 0.881. The number of fused-ring (bicyclic) bond motifs is 1. The Hall–Kier alpha value is -2.41. The fraction of sp³-hybridized carbons (Fsp3) is 0.0714. The third kappa shape index (κ3) is 2.25. The largest absolute Gasteiger partial charge is 0.383 e. The molecule has 3 aromatic rings. The lowest BCUT2D eigenvalue weighted by Gasteiger charge is -2.11. The summed E-state index contributed by atoms with van der Waals surface area (Å²) in [7, 11) is 1.69. The fourth-order valence-electron chi connectivity index (χ4n) is 2.24. The van der Waals surface area contributed by atoms with Crippen molar-refractivity contribution >= 4 is 38.6 Å². The average Bonchev–Trinajstić information content (AvgIpc) is 2.43. The van der Waals surface area contributed by atoms with Gasteiger partial charge in [-0.05, 0) is 23.8 Å². The van der Waals surface area contributed by atoms with Gasteiger partial charge < -0.3 is 16.0 Å². The topological polar surface area (TPSA) is 99.8 Å². The molecule has 0 fully saturated rings. The first-order chi connectivity index (χ1) is 9.97. The van der Waals surface area contributed by atoms with E-state index < -0.39 is 0 Å². The van der Waals surface area contributed by atoms with Gasteiger partial charge in [-0.2, -0.15) is 4.98 Å². The molecule has 0 atom stereocenters. The number of halogens is 1. The normalized spacial score (nSPS) is 11.0. The zero-order valence-electron chi connectivity index (χ0n) is 11.2. The first kappa shape index (κ1) is 13.6. The summed E-state index contributed by atoms with van der Waals surface area (Å²) < 4.78 is 2.49. The van der Waals surface area contributed by atoms with Gasteiger partial charge >= 0.3 is 0 Å². The van der Waals surface area contributed by atoms with Crippen molar-refractivity contribution < 1.29 is 0 Å². The van der Waals surface area contributed by atoms with Gasteiger partial charge in [0.05, 0.1) is 11.2 Å². The van der Waals surface area contributed by atoms with Gasteiger partial charge in [-0.1, -0.05) is 28.1 Å². The predicted octanol–water partition coefficient (Wildman–Crippen LogP) is 1.92. The number of anilines is 2. The molecule has 0 aliphatic carbocycles. The van der Waals surface area contributed by atoms with Crippen molar-refractivity contribution in [1.82, 2.24) is 14.5 Å². The Kier molecular flexibility index (Phi) is 3.13. The summed E-state index contributed by atoms with van der Waals surface area (Å²) >= 11 is 3.39. The van der Waals surface area contributed by atoms with Crippen LogP contribution in [0.3, 0.4) is 0 Å². The van der Waals surface area contributed by atoms with Gasteiger partial charge in [0.2, 0.25) is 5.95 Å². The molecule has 0 amide bonds. The summed E-state index contributed by atoms with van der Waals surface area (Å²) in [5, 5.41) is 0.285. The number of benzene rings is 1. The first-order valence-corrected chi connectivity index (χ1v) is 6.95. The summed E-state index contributed by atoms with van der Waals surface area (Å²) in [5.74, 6) is 0.149. The maximum Gasteiger partial charge on any atom is 0.263 e. The second kappa shape index (κ2) is 4.85. The SMILES string of the molecule is Cn1c(-c2ccc(Br)cc2)cc2nc(N)nc(N)c2c1=O. The Balaban J connectivity index is 2.37. The van der Waals surface area contributed by atoms with Gasteiger partial charge in [0.15, 0.2) is 0 Å². The van der Waals surface area contributed by atoms with E-state index in [1.165, 1.54) is 4.57 Å². The summed E-state index contributed by atoms with van der Waals surface area (Å²) in [6.07, 6.45) is 0. The standard InChI is InChI=1S/C14H12BrN5O/c1-20-10(7-2-4-8(15)5-3-7)6-9-11(13(20)21)12(16)19-14(17)18-9/h2-6H,1H3,(H4,16,17,18,19). The van der Waals surface area contributed by atoms with Gasteiger partial charge in [-0.25, -0.2) is 4.98 Å². The highest BCUT2D eigenvalue weighted by Gasteiger charge is 2.13. The van der Waals surface area contributed by atoms with Crippen LogP contribution in [0.4, 0.5) is 11.8 Å². The lowest BCUT2D eigenvalue weighted by atomic mass is 10.1. The molecule has 0 bridgehead atoms. The molecule has 3 rings (SSSR count). The third-order valence-electron chi connectivity index (χ3n) is 3.28. The number of pyridine rings is 1. The molecule has 0 aliphatic rings. The number of nitrogen functional groups attached to an aromatic ring is 2. The van der Waals surface area contributed by atoms with E-state index in [-0.39, 0.29) is 22.7 Å². The van der Waals surface area contributed by atoms with Crippen LogP contribution in [-0.4, -0.2) is 14.5 Å². The number of hydrogen-bond acceptors (Lipinski definition) is 5. The molecule has 21 heavy (non-hydrogen) atoms. The maximum absolute atomic E-state index is 12.5. The van der Waals surface area contributed by atoms with E-state index in [0.29, 0.717) is 5.52 Å². The van der Waals surface area contributed by atoms with Crippen LogP contribution in [0.2, 0.25) is 0 Å². The highest BCUT2D eigenvalue weighted by molar-refractivity contribution is 9.10. The number of hydrogen-bond donors (Lipinski definition) is 2. The third-order valence-corrected chi connectivity index (χ3v) is 3.80. The van der Waals surface area contributed by atoms with Crippen LogP contribution in [0.25, 0.3) is 22.2 Å². The molecule has 1 aromatic carbocycles. The smallest absolute Gasteiger partial charge is 0.263 e. The van der Waals surface area contributed by atoms with Crippen LogP contribution in [0.5, 0.6) is 0 Å². The molecule has 0 saturated carbocycles. The summed E-state index contributed by atoms with van der Waals surface area (Å²) in [5.41, 5.74) is 13.2. The van der Waals surface area contributed by atoms with Gasteiger partial charge in [0, 0.05) is 11.5 Å². The van der Waals surface area contributed by atoms with Crippen LogP contribution >= 0.6 is 15.9 Å². The Morgan fingerprint density at radius 3 is 2.48 bits per heavy atom. The van der Waals surface area contributed by atoms with E-state index in [0.717, 1.165) is 15.7 Å². The molecule has 106 valence electrons. The van der Waals surface area contributed by atoms with Gasteiger partial charge in [0.25, 0.3) is 5.56 Å². The van der Waals surface area contributed by atoms with Gasteiger partial charge in [-0.15, -0.1) is 0 Å². The zero-order valence-corrected chi connectivity index (χ0v) is 12.8. The summed E-state index contributed by atoms with van der Waals surface area (Å²) in [4.78, 5) is 20.4. The average molecular weight is 346 g/mol. The van der Waals surface area contributed by atoms with E-state index in [2.05, 4.69) is 25.9 Å². The molecule has 0 unspecified atom stereocenters. The van der Waals surface area contributed by atoms with E-state index in [4.69, 9.17) is 11.5 Å². The molecule has 0 spiro atoms. The van der Waals surface area contributed by atoms with Crippen molar-refractivity contribution in [2.75, 3.05) is 11.5 Å². The first-order valence-electron chi connectivity index (χ1n) is 6.16. The minimum absolute atomic E-state index is 0.0509. The van der Waals surface area contributed by atoms with Crippen molar-refractivity contribution in [3.05, 3.63) is 45.2 Å². The minimum atomic E-state index is -0.247. The fourth-order valence-corrected chi connectivity index (χ4v) is 2.50. The van der Waals surface area contributed by atoms with Crippen molar-refractivity contribution in [3.8, 4) is 11.3 Å². The van der Waals surface area contributed by atoms with Crippen LogP contribution < -0.4 is 17.0 Å². The van der Waals surface area contributed by atoms with Crippen molar-refractivity contribution in [2.24, 2.45) is 7.05 Å². The second-order valence-electron chi connectivity index (χ2n) is 4.63. The lowest BCUT2D eigenvalue weighted by Crippen LogP contribution is -2.21. The Bertz CT molecular complexity index is 902. The molecule has 0 aliphatic heterocycles. The van der Waals surface area contributed by atoms with Crippen molar-refractivity contribution in [2.45, 2.75) is 0 Å². The molecule has 2 heterocycles. The monoisotopic (exact) mass is 345 g/mol. The quantitative estimate of drug-likeness (QED) is 0.701. The summed E-state index contributed by atoms with van der Waals surface area (Å²) in [6, 6.07) is 9.44. The molecular formula is C14H12BrN5O. The molecule has 0 radical (unpaired) electrons. The Labute approximate surface area is 128 Å². The van der Waals surface area contributed by atoms with Crippen molar-refractivity contribution in [1.29, 1.82) is 0 Å². The van der Waals surface area contributed by atoms with E-state index in [9.17, 15) is 4.79 Å². The molecule has 2 aromatic heterocycles. The van der Waals surface area contributed by atoms with Crippen LogP contribution in [0.15, 0.2) is 39.6 Å². The molecule has 7 heteroatoms. The summed E-state index contributed by atoms with van der Waals surface area (Å²) in [6.45, 7) is 0. The number of aromatic nitrogens is 3.